The van der Waals surface area contributed by atoms with Crippen molar-refractivity contribution in [1.82, 2.24) is 0 Å². The maximum atomic E-state index is 12.2. The van der Waals surface area contributed by atoms with E-state index in [1.54, 1.807) is 0 Å². The van der Waals surface area contributed by atoms with Crippen molar-refractivity contribution in [2.75, 3.05) is 23.8 Å². The summed E-state index contributed by atoms with van der Waals surface area (Å²) in [5.41, 5.74) is 1.61. The van der Waals surface area contributed by atoms with Crippen LogP contribution in [0.4, 0.5) is 11.4 Å². The molecule has 2 aromatic rings. The van der Waals surface area contributed by atoms with Crippen LogP contribution in [0, 0.1) is 0 Å². The van der Waals surface area contributed by atoms with E-state index in [4.69, 9.17) is 9.47 Å². The number of benzene rings is 2. The molecule has 2 rings (SSSR count). The summed E-state index contributed by atoms with van der Waals surface area (Å²) >= 11 is 0. The molecular weight excluding hydrogens is 376 g/mol. The van der Waals surface area contributed by atoms with Crippen molar-refractivity contribution in [2.24, 2.45) is 0 Å². The second kappa shape index (κ2) is 13.5. The molecule has 0 aromatic heterocycles. The van der Waals surface area contributed by atoms with E-state index in [-0.39, 0.29) is 18.6 Å². The Balaban J connectivity index is 1.71. The maximum Gasteiger partial charge on any atom is 0.243 e. The average Bonchev–Trinajstić information content (AvgIpc) is 2.76. The van der Waals surface area contributed by atoms with Gasteiger partial charge >= 0.3 is 0 Å². The lowest BCUT2D eigenvalue weighted by molar-refractivity contribution is -0.114. The van der Waals surface area contributed by atoms with Gasteiger partial charge in [0.2, 0.25) is 5.91 Å². The van der Waals surface area contributed by atoms with E-state index in [2.05, 4.69) is 24.5 Å². The highest BCUT2D eigenvalue weighted by atomic mass is 16.5. The average molecular weight is 413 g/mol. The normalized spacial score (nSPS) is 11.6. The first-order chi connectivity index (χ1) is 14.6. The van der Waals surface area contributed by atoms with Crippen LogP contribution in [0.3, 0.4) is 0 Å². The monoisotopic (exact) mass is 412 g/mol. The highest BCUT2D eigenvalue weighted by Gasteiger charge is 2.05. The van der Waals surface area contributed by atoms with Crippen molar-refractivity contribution in [2.45, 2.75) is 65.4 Å². The predicted molar refractivity (Wildman–Crippen MR) is 125 cm³/mol. The molecule has 0 saturated carbocycles. The maximum absolute atomic E-state index is 12.2. The summed E-state index contributed by atoms with van der Waals surface area (Å²) in [5.74, 6) is 1.53. The Kier molecular flexibility index (Phi) is 10.6. The zero-order valence-corrected chi connectivity index (χ0v) is 18.6. The largest absolute Gasteiger partial charge is 0.494 e. The quantitative estimate of drug-likeness (QED) is 0.359. The van der Waals surface area contributed by atoms with Crippen LogP contribution in [0.1, 0.15) is 59.3 Å². The van der Waals surface area contributed by atoms with Gasteiger partial charge in [0, 0.05) is 17.4 Å². The van der Waals surface area contributed by atoms with Crippen molar-refractivity contribution >= 4 is 17.3 Å². The van der Waals surface area contributed by atoms with E-state index >= 15 is 0 Å². The van der Waals surface area contributed by atoms with Crippen LogP contribution < -0.4 is 20.1 Å². The van der Waals surface area contributed by atoms with Gasteiger partial charge in [0.1, 0.15) is 11.5 Å². The van der Waals surface area contributed by atoms with Crippen molar-refractivity contribution in [3.63, 3.8) is 0 Å². The van der Waals surface area contributed by atoms with Gasteiger partial charge in [0.05, 0.1) is 19.3 Å². The van der Waals surface area contributed by atoms with Crippen LogP contribution in [0.15, 0.2) is 48.5 Å². The highest BCUT2D eigenvalue weighted by Crippen LogP contribution is 2.19. The van der Waals surface area contributed by atoms with Crippen molar-refractivity contribution in [1.29, 1.82) is 0 Å². The third-order valence-electron chi connectivity index (χ3n) is 4.85. The third-order valence-corrected chi connectivity index (χ3v) is 4.85. The summed E-state index contributed by atoms with van der Waals surface area (Å²) in [6.07, 6.45) is 7.21. The van der Waals surface area contributed by atoms with Crippen molar-refractivity contribution in [3.05, 3.63) is 48.5 Å². The van der Waals surface area contributed by atoms with Crippen molar-refractivity contribution in [3.8, 4) is 11.5 Å². The zero-order valence-electron chi connectivity index (χ0n) is 18.6. The third kappa shape index (κ3) is 9.21. The molecule has 30 heavy (non-hydrogen) atoms. The molecule has 0 radical (unpaired) electrons. The van der Waals surface area contributed by atoms with E-state index < -0.39 is 0 Å². The number of hydrogen-bond acceptors (Lipinski definition) is 4. The molecule has 0 aliphatic heterocycles. The number of unbranched alkanes of at least 4 members (excludes halogenated alkanes) is 4. The minimum absolute atomic E-state index is 0.104. The van der Waals surface area contributed by atoms with Crippen LogP contribution in [0.25, 0.3) is 0 Å². The van der Waals surface area contributed by atoms with E-state index in [1.807, 2.05) is 55.5 Å². The lowest BCUT2D eigenvalue weighted by Crippen LogP contribution is -2.21. The number of amides is 1. The summed E-state index contributed by atoms with van der Waals surface area (Å²) in [4.78, 5) is 12.2. The van der Waals surface area contributed by atoms with E-state index in [9.17, 15) is 4.79 Å². The smallest absolute Gasteiger partial charge is 0.243 e. The topological polar surface area (TPSA) is 59.6 Å². The fraction of sp³-hybridized carbons (Fsp3) is 0.480. The van der Waals surface area contributed by atoms with Gasteiger partial charge in [-0.25, -0.2) is 0 Å². The Hall–Kier alpha value is -2.69. The molecule has 1 atom stereocenters. The molecular formula is C25H36N2O3. The molecule has 2 aromatic carbocycles. The minimum Gasteiger partial charge on any atom is -0.494 e. The van der Waals surface area contributed by atoms with E-state index in [0.29, 0.717) is 0 Å². The highest BCUT2D eigenvalue weighted by molar-refractivity contribution is 5.93. The molecule has 0 fully saturated rings. The van der Waals surface area contributed by atoms with Gasteiger partial charge in [-0.15, -0.1) is 0 Å². The zero-order chi connectivity index (χ0) is 21.6. The molecule has 5 nitrogen and oxygen atoms in total. The number of rotatable bonds is 14. The Morgan fingerprint density at radius 1 is 0.933 bits per heavy atom. The van der Waals surface area contributed by atoms with Gasteiger partial charge in [0.25, 0.3) is 0 Å². The molecule has 164 valence electrons. The Morgan fingerprint density at radius 3 is 2.43 bits per heavy atom. The molecule has 2 N–H and O–H groups in total. The fourth-order valence-electron chi connectivity index (χ4n) is 2.91. The van der Waals surface area contributed by atoms with Crippen LogP contribution in [-0.4, -0.2) is 25.2 Å². The first kappa shape index (κ1) is 23.6. The van der Waals surface area contributed by atoms with Crippen molar-refractivity contribution < 1.29 is 14.3 Å². The molecule has 0 heterocycles. The minimum atomic E-state index is -0.104. The second-order valence-electron chi connectivity index (χ2n) is 7.55. The molecule has 0 saturated heterocycles. The molecule has 1 amide bonds. The van der Waals surface area contributed by atoms with E-state index in [1.165, 1.54) is 25.7 Å². The van der Waals surface area contributed by atoms with Gasteiger partial charge in [-0.3, -0.25) is 4.79 Å². The van der Waals surface area contributed by atoms with Gasteiger partial charge in [-0.1, -0.05) is 45.6 Å². The fourth-order valence-corrected chi connectivity index (χ4v) is 2.91. The number of anilines is 2. The summed E-state index contributed by atoms with van der Waals surface area (Å²) in [6, 6.07) is 15.2. The molecule has 1 unspecified atom stereocenters. The Bertz CT molecular complexity index is 746. The van der Waals surface area contributed by atoms with Crippen LogP contribution in [-0.2, 0) is 4.79 Å². The number of carbonyl (C=O) groups is 1. The molecule has 0 bridgehead atoms. The number of hydrogen-bond donors (Lipinski definition) is 2. The molecule has 0 aliphatic carbocycles. The predicted octanol–water partition coefficient (Wildman–Crippen LogP) is 6.26. The van der Waals surface area contributed by atoms with Crippen LogP contribution in [0.2, 0.25) is 0 Å². The SMILES string of the molecule is CCCCCCCOc1ccc(NC(=O)CNc2cccc(OC(C)CC)c2)cc1. The summed E-state index contributed by atoms with van der Waals surface area (Å²) in [6.45, 7) is 7.26. The van der Waals surface area contributed by atoms with Gasteiger partial charge in [-0.2, -0.15) is 0 Å². The molecule has 0 spiro atoms. The first-order valence-electron chi connectivity index (χ1n) is 11.1. The Labute approximate surface area is 181 Å². The summed E-state index contributed by atoms with van der Waals surface area (Å²) in [7, 11) is 0. The summed E-state index contributed by atoms with van der Waals surface area (Å²) < 4.78 is 11.6. The molecule has 5 heteroatoms. The Morgan fingerprint density at radius 2 is 1.70 bits per heavy atom. The van der Waals surface area contributed by atoms with Gasteiger partial charge in [0.15, 0.2) is 0 Å². The standard InChI is InChI=1S/C25H36N2O3/c1-4-6-7-8-9-17-29-23-15-13-21(14-16-23)27-25(28)19-26-22-11-10-12-24(18-22)30-20(3)5-2/h10-16,18,20,26H,4-9,17,19H2,1-3H3,(H,27,28). The second-order valence-corrected chi connectivity index (χ2v) is 7.55. The molecule has 0 aliphatic rings. The first-order valence-corrected chi connectivity index (χ1v) is 11.1. The number of carbonyl (C=O) groups excluding carboxylic acids is 1. The van der Waals surface area contributed by atoms with Crippen LogP contribution in [0.5, 0.6) is 11.5 Å². The van der Waals surface area contributed by atoms with Crippen LogP contribution >= 0.6 is 0 Å². The lowest BCUT2D eigenvalue weighted by Gasteiger charge is -2.14. The van der Waals surface area contributed by atoms with Gasteiger partial charge < -0.3 is 20.1 Å². The summed E-state index contributed by atoms with van der Waals surface area (Å²) in [5, 5.41) is 6.04. The number of ether oxygens (including phenoxy) is 2. The van der Waals surface area contributed by atoms with Gasteiger partial charge in [-0.05, 0) is 56.2 Å². The van der Waals surface area contributed by atoms with E-state index in [0.717, 1.165) is 42.3 Å². The number of nitrogens with one attached hydrogen (secondary N) is 2. The lowest BCUT2D eigenvalue weighted by atomic mass is 10.2.